The molecule has 2 heterocycles. The third kappa shape index (κ3) is 4.54. The maximum absolute atomic E-state index is 14.2. The van der Waals surface area contributed by atoms with Crippen molar-refractivity contribution in [1.82, 2.24) is 9.88 Å². The van der Waals surface area contributed by atoms with E-state index in [0.29, 0.717) is 5.69 Å². The summed E-state index contributed by atoms with van der Waals surface area (Å²) in [5, 5.41) is 2.80. The maximum Gasteiger partial charge on any atom is 0.241 e. The molecule has 1 aromatic heterocycles. The Morgan fingerprint density at radius 1 is 1.36 bits per heavy atom. The zero-order valence-electron chi connectivity index (χ0n) is 14.2. The van der Waals surface area contributed by atoms with Crippen molar-refractivity contribution < 1.29 is 13.9 Å². The van der Waals surface area contributed by atoms with Crippen LogP contribution in [0.25, 0.3) is 0 Å². The van der Waals surface area contributed by atoms with Crippen molar-refractivity contribution in [3.63, 3.8) is 0 Å². The average molecular weight is 343 g/mol. The summed E-state index contributed by atoms with van der Waals surface area (Å²) in [5.41, 5.74) is 1.16. The number of carbonyl (C=O) groups excluding carboxylic acids is 1. The van der Waals surface area contributed by atoms with Crippen LogP contribution in [0.3, 0.4) is 0 Å². The van der Waals surface area contributed by atoms with Gasteiger partial charge in [-0.3, -0.25) is 14.7 Å². The van der Waals surface area contributed by atoms with Gasteiger partial charge in [-0.25, -0.2) is 4.39 Å². The topological polar surface area (TPSA) is 54.5 Å². The Hall–Kier alpha value is -2.47. The lowest BCUT2D eigenvalue weighted by Crippen LogP contribution is -2.44. The number of rotatable bonds is 5. The van der Waals surface area contributed by atoms with Gasteiger partial charge in [-0.15, -0.1) is 0 Å². The summed E-state index contributed by atoms with van der Waals surface area (Å²) < 4.78 is 19.7. The van der Waals surface area contributed by atoms with Gasteiger partial charge >= 0.3 is 0 Å². The third-order valence-electron chi connectivity index (χ3n) is 4.37. The van der Waals surface area contributed by atoms with Crippen LogP contribution < -0.4 is 10.1 Å². The molecule has 0 saturated carbocycles. The van der Waals surface area contributed by atoms with Crippen molar-refractivity contribution in [1.29, 1.82) is 0 Å². The Morgan fingerprint density at radius 3 is 2.96 bits per heavy atom. The summed E-state index contributed by atoms with van der Waals surface area (Å²) in [4.78, 5) is 18.5. The van der Waals surface area contributed by atoms with E-state index < -0.39 is 5.82 Å². The molecule has 6 heteroatoms. The van der Waals surface area contributed by atoms with Crippen molar-refractivity contribution >= 4 is 11.6 Å². The highest BCUT2D eigenvalue weighted by Crippen LogP contribution is 2.23. The number of halogens is 1. The number of pyridine rings is 1. The van der Waals surface area contributed by atoms with Crippen molar-refractivity contribution in [2.45, 2.75) is 31.9 Å². The number of ether oxygens (including phenoxy) is 1. The number of hydrogen-bond acceptors (Lipinski definition) is 4. The van der Waals surface area contributed by atoms with E-state index in [0.717, 1.165) is 31.5 Å². The van der Waals surface area contributed by atoms with E-state index in [9.17, 15) is 9.18 Å². The molecule has 5 nitrogen and oxygen atoms in total. The lowest BCUT2D eigenvalue weighted by molar-refractivity contribution is -0.121. The molecule has 25 heavy (non-hydrogen) atoms. The lowest BCUT2D eigenvalue weighted by atomic mass is 10.0. The SMILES string of the molecule is CN1CCCC[C@@H]1C(=O)Nc1ccc(OCc2ccccn2)c(F)c1. The molecule has 0 bridgehead atoms. The maximum atomic E-state index is 14.2. The third-order valence-corrected chi connectivity index (χ3v) is 4.37. The second-order valence-corrected chi connectivity index (χ2v) is 6.24. The molecule has 1 atom stereocenters. The molecule has 1 aromatic carbocycles. The summed E-state index contributed by atoms with van der Waals surface area (Å²) in [7, 11) is 1.94. The molecule has 0 unspecified atom stereocenters. The number of likely N-dealkylation sites (N-methyl/N-ethyl adjacent to an activating group) is 1. The second kappa shape index (κ2) is 8.07. The molecule has 1 aliphatic heterocycles. The molecule has 1 saturated heterocycles. The van der Waals surface area contributed by atoms with Crippen molar-refractivity contribution in [2.75, 3.05) is 18.9 Å². The average Bonchev–Trinajstić information content (AvgIpc) is 2.62. The molecule has 1 aliphatic rings. The molecular weight excluding hydrogens is 321 g/mol. The van der Waals surface area contributed by atoms with Crippen LogP contribution >= 0.6 is 0 Å². The summed E-state index contributed by atoms with van der Waals surface area (Å²) >= 11 is 0. The van der Waals surface area contributed by atoms with Crippen LogP contribution in [-0.4, -0.2) is 35.4 Å². The molecule has 0 aliphatic carbocycles. The molecule has 1 fully saturated rings. The smallest absolute Gasteiger partial charge is 0.241 e. The first-order chi connectivity index (χ1) is 12.1. The number of carbonyl (C=O) groups is 1. The highest BCUT2D eigenvalue weighted by atomic mass is 19.1. The minimum atomic E-state index is -0.509. The zero-order chi connectivity index (χ0) is 17.6. The van der Waals surface area contributed by atoms with Crippen LogP contribution in [0.15, 0.2) is 42.6 Å². The standard InChI is InChI=1S/C19H22FN3O2/c1-23-11-5-3-7-17(23)19(24)22-14-8-9-18(16(20)12-14)25-13-15-6-2-4-10-21-15/h2,4,6,8-10,12,17H,3,5,7,11,13H2,1H3,(H,22,24)/t17-/m1/s1. The number of benzene rings is 1. The Labute approximate surface area is 146 Å². The van der Waals surface area contributed by atoms with Gasteiger partial charge in [0.1, 0.15) is 6.61 Å². The number of likely N-dealkylation sites (tertiary alicyclic amines) is 1. The number of aromatic nitrogens is 1. The number of amides is 1. The predicted octanol–water partition coefficient (Wildman–Crippen LogP) is 3.22. The minimum Gasteiger partial charge on any atom is -0.484 e. The van der Waals surface area contributed by atoms with E-state index in [1.54, 1.807) is 12.3 Å². The fourth-order valence-corrected chi connectivity index (χ4v) is 2.96. The highest BCUT2D eigenvalue weighted by molar-refractivity contribution is 5.94. The Kier molecular flexibility index (Phi) is 5.60. The van der Waals surface area contributed by atoms with Gasteiger partial charge in [-0.2, -0.15) is 0 Å². The van der Waals surface area contributed by atoms with Gasteiger partial charge in [0.05, 0.1) is 11.7 Å². The van der Waals surface area contributed by atoms with Crippen molar-refractivity contribution in [3.05, 3.63) is 54.1 Å². The van der Waals surface area contributed by atoms with E-state index in [1.807, 2.05) is 30.1 Å². The molecule has 0 spiro atoms. The van der Waals surface area contributed by atoms with Crippen LogP contribution in [0.1, 0.15) is 25.0 Å². The second-order valence-electron chi connectivity index (χ2n) is 6.24. The van der Waals surface area contributed by atoms with E-state index in [1.165, 1.54) is 12.1 Å². The summed E-state index contributed by atoms with van der Waals surface area (Å²) in [6.45, 7) is 1.10. The van der Waals surface area contributed by atoms with Gasteiger partial charge in [0.15, 0.2) is 11.6 Å². The van der Waals surface area contributed by atoms with Crippen LogP contribution in [0.5, 0.6) is 5.75 Å². The van der Waals surface area contributed by atoms with Gasteiger partial charge in [0, 0.05) is 18.0 Å². The Morgan fingerprint density at radius 2 is 2.24 bits per heavy atom. The summed E-state index contributed by atoms with van der Waals surface area (Å²) in [6.07, 6.45) is 4.64. The minimum absolute atomic E-state index is 0.0937. The van der Waals surface area contributed by atoms with Gasteiger partial charge < -0.3 is 10.1 Å². The first kappa shape index (κ1) is 17.4. The number of hydrogen-bond donors (Lipinski definition) is 1. The van der Waals surface area contributed by atoms with Gasteiger partial charge in [-0.05, 0) is 50.7 Å². The van der Waals surface area contributed by atoms with Crippen molar-refractivity contribution in [2.24, 2.45) is 0 Å². The number of nitrogens with zero attached hydrogens (tertiary/aromatic N) is 2. The van der Waals surface area contributed by atoms with Gasteiger partial charge in [-0.1, -0.05) is 12.5 Å². The number of piperidine rings is 1. The number of nitrogens with one attached hydrogen (secondary N) is 1. The molecular formula is C19H22FN3O2. The fraction of sp³-hybridized carbons (Fsp3) is 0.368. The molecule has 0 radical (unpaired) electrons. The van der Waals surface area contributed by atoms with Crippen LogP contribution in [0.2, 0.25) is 0 Å². The first-order valence-corrected chi connectivity index (χ1v) is 8.47. The fourth-order valence-electron chi connectivity index (χ4n) is 2.96. The molecule has 1 N–H and O–H groups in total. The normalized spacial score (nSPS) is 17.9. The summed E-state index contributed by atoms with van der Waals surface area (Å²) in [5.74, 6) is -0.465. The predicted molar refractivity (Wildman–Crippen MR) is 93.9 cm³/mol. The largest absolute Gasteiger partial charge is 0.484 e. The molecule has 1 amide bonds. The Bertz CT molecular complexity index is 724. The van der Waals surface area contributed by atoms with Crippen LogP contribution in [0, 0.1) is 5.82 Å². The van der Waals surface area contributed by atoms with E-state index >= 15 is 0 Å². The quantitative estimate of drug-likeness (QED) is 0.906. The number of anilines is 1. The van der Waals surface area contributed by atoms with Crippen molar-refractivity contribution in [3.8, 4) is 5.75 Å². The van der Waals surface area contributed by atoms with Crippen LogP contribution in [0.4, 0.5) is 10.1 Å². The first-order valence-electron chi connectivity index (χ1n) is 8.47. The Balaban J connectivity index is 1.60. The van der Waals surface area contributed by atoms with Crippen LogP contribution in [-0.2, 0) is 11.4 Å². The lowest BCUT2D eigenvalue weighted by Gasteiger charge is -2.31. The van der Waals surface area contributed by atoms with Gasteiger partial charge in [0.25, 0.3) is 0 Å². The van der Waals surface area contributed by atoms with E-state index in [4.69, 9.17) is 4.74 Å². The van der Waals surface area contributed by atoms with E-state index in [2.05, 4.69) is 10.3 Å². The highest BCUT2D eigenvalue weighted by Gasteiger charge is 2.25. The summed E-state index contributed by atoms with van der Waals surface area (Å²) in [6, 6.07) is 9.78. The van der Waals surface area contributed by atoms with E-state index in [-0.39, 0.29) is 24.3 Å². The molecule has 3 rings (SSSR count). The van der Waals surface area contributed by atoms with Gasteiger partial charge in [0.2, 0.25) is 5.91 Å². The molecule has 2 aromatic rings. The molecule has 132 valence electrons. The monoisotopic (exact) mass is 343 g/mol. The zero-order valence-corrected chi connectivity index (χ0v) is 14.2.